The van der Waals surface area contributed by atoms with Gasteiger partial charge in [0.2, 0.25) is 0 Å². The highest BCUT2D eigenvalue weighted by Gasteiger charge is 2.38. The van der Waals surface area contributed by atoms with E-state index >= 15 is 0 Å². The summed E-state index contributed by atoms with van der Waals surface area (Å²) >= 11 is 0. The largest absolute Gasteiger partial charge is 0.393 e. The highest BCUT2D eigenvalue weighted by atomic mass is 16.3. The minimum atomic E-state index is -0.0627. The van der Waals surface area contributed by atoms with Crippen molar-refractivity contribution in [2.24, 2.45) is 23.5 Å². The smallest absolute Gasteiger partial charge is 0.0546 e. The van der Waals surface area contributed by atoms with Crippen molar-refractivity contribution < 1.29 is 5.11 Å². The normalized spacial score (nSPS) is 53.8. The predicted octanol–water partition coefficient (Wildman–Crippen LogP) is 1.13. The van der Waals surface area contributed by atoms with Gasteiger partial charge < -0.3 is 10.8 Å². The van der Waals surface area contributed by atoms with E-state index in [2.05, 4.69) is 6.92 Å². The van der Waals surface area contributed by atoms with E-state index in [0.29, 0.717) is 17.9 Å². The molecule has 70 valence electrons. The summed E-state index contributed by atoms with van der Waals surface area (Å²) in [7, 11) is 0. The highest BCUT2D eigenvalue weighted by molar-refractivity contribution is 4.92. The molecule has 0 aromatic rings. The van der Waals surface area contributed by atoms with Crippen molar-refractivity contribution in [3.05, 3.63) is 0 Å². The van der Waals surface area contributed by atoms with Gasteiger partial charge in [-0.1, -0.05) is 6.92 Å². The molecule has 0 aliphatic heterocycles. The molecule has 3 N–H and O–H groups in total. The minimum Gasteiger partial charge on any atom is -0.393 e. The molecule has 2 aliphatic rings. The molecular formula is C10H19NO. The van der Waals surface area contributed by atoms with Gasteiger partial charge in [-0.05, 0) is 43.4 Å². The summed E-state index contributed by atoms with van der Waals surface area (Å²) in [6.07, 6.45) is 4.40. The minimum absolute atomic E-state index is 0.0627. The topological polar surface area (TPSA) is 46.2 Å². The number of nitrogens with two attached hydrogens (primary N) is 1. The molecule has 0 amide bonds. The number of aliphatic hydroxyl groups excluding tert-OH is 1. The van der Waals surface area contributed by atoms with Gasteiger partial charge in [0.15, 0.2) is 0 Å². The fourth-order valence-corrected chi connectivity index (χ4v) is 3.11. The average Bonchev–Trinajstić information content (AvgIpc) is 1.99. The molecule has 0 spiro atoms. The molecule has 2 rings (SSSR count). The average molecular weight is 169 g/mol. The van der Waals surface area contributed by atoms with Crippen LogP contribution in [0.15, 0.2) is 0 Å². The van der Waals surface area contributed by atoms with Crippen molar-refractivity contribution in [1.82, 2.24) is 0 Å². The molecule has 2 bridgehead atoms. The second kappa shape index (κ2) is 3.00. The van der Waals surface area contributed by atoms with Crippen LogP contribution in [0.5, 0.6) is 0 Å². The summed E-state index contributed by atoms with van der Waals surface area (Å²) in [5, 5.41) is 9.56. The molecule has 12 heavy (non-hydrogen) atoms. The van der Waals surface area contributed by atoms with Gasteiger partial charge in [-0.2, -0.15) is 0 Å². The fourth-order valence-electron chi connectivity index (χ4n) is 3.11. The Kier molecular flexibility index (Phi) is 2.13. The van der Waals surface area contributed by atoms with E-state index in [9.17, 15) is 5.11 Å². The summed E-state index contributed by atoms with van der Waals surface area (Å²) in [6, 6.07) is 0.344. The lowest BCUT2D eigenvalue weighted by molar-refractivity contribution is 0.0185. The molecule has 0 aromatic heterocycles. The van der Waals surface area contributed by atoms with E-state index in [0.717, 1.165) is 18.8 Å². The van der Waals surface area contributed by atoms with E-state index < -0.39 is 0 Å². The third-order valence-electron chi connectivity index (χ3n) is 3.72. The molecule has 2 aliphatic carbocycles. The van der Waals surface area contributed by atoms with Gasteiger partial charge in [-0.3, -0.25) is 0 Å². The molecule has 5 atom stereocenters. The van der Waals surface area contributed by atoms with Crippen molar-refractivity contribution in [3.8, 4) is 0 Å². The number of aliphatic hydroxyl groups is 1. The molecule has 2 nitrogen and oxygen atoms in total. The predicted molar refractivity (Wildman–Crippen MR) is 48.6 cm³/mol. The molecule has 2 fully saturated rings. The Morgan fingerprint density at radius 2 is 1.92 bits per heavy atom. The van der Waals surface area contributed by atoms with E-state index in [1.165, 1.54) is 12.8 Å². The lowest BCUT2D eigenvalue weighted by Gasteiger charge is -2.44. The first-order valence-corrected chi connectivity index (χ1v) is 5.10. The summed E-state index contributed by atoms with van der Waals surface area (Å²) in [5.74, 6) is 2.03. The number of hydrogen-bond donors (Lipinski definition) is 2. The molecule has 2 heteroatoms. The molecule has 3 unspecified atom stereocenters. The Bertz CT molecular complexity index is 167. The van der Waals surface area contributed by atoms with Gasteiger partial charge in [0.25, 0.3) is 0 Å². The van der Waals surface area contributed by atoms with Gasteiger partial charge in [-0.25, -0.2) is 0 Å². The van der Waals surface area contributed by atoms with Gasteiger partial charge in [0.1, 0.15) is 0 Å². The summed E-state index contributed by atoms with van der Waals surface area (Å²) in [5.41, 5.74) is 6.08. The SMILES string of the molecule is CC1CC2CC(C[C@H](O)C2)[C@@H]1N. The van der Waals surface area contributed by atoms with Crippen molar-refractivity contribution in [1.29, 1.82) is 0 Å². The Hall–Kier alpha value is -0.0800. The Balaban J connectivity index is 2.07. The zero-order chi connectivity index (χ0) is 8.72. The summed E-state index contributed by atoms with van der Waals surface area (Å²) < 4.78 is 0. The van der Waals surface area contributed by atoms with E-state index in [4.69, 9.17) is 5.73 Å². The second-order valence-corrected chi connectivity index (χ2v) is 4.78. The van der Waals surface area contributed by atoms with E-state index in [-0.39, 0.29) is 6.10 Å². The van der Waals surface area contributed by atoms with Crippen molar-refractivity contribution in [2.45, 2.75) is 44.8 Å². The maximum Gasteiger partial charge on any atom is 0.0546 e. The maximum absolute atomic E-state index is 9.56. The third kappa shape index (κ3) is 1.38. The van der Waals surface area contributed by atoms with Crippen LogP contribution in [0.4, 0.5) is 0 Å². The first-order valence-electron chi connectivity index (χ1n) is 5.10. The van der Waals surface area contributed by atoms with Gasteiger partial charge in [0.05, 0.1) is 6.10 Å². The lowest BCUT2D eigenvalue weighted by atomic mass is 9.65. The quantitative estimate of drug-likeness (QED) is 0.571. The van der Waals surface area contributed by atoms with Gasteiger partial charge >= 0.3 is 0 Å². The Morgan fingerprint density at radius 1 is 1.17 bits per heavy atom. The summed E-state index contributed by atoms with van der Waals surface area (Å²) in [4.78, 5) is 0. The molecule has 0 radical (unpaired) electrons. The van der Waals surface area contributed by atoms with Gasteiger partial charge in [0, 0.05) is 6.04 Å². The lowest BCUT2D eigenvalue weighted by Crippen LogP contribution is -2.47. The van der Waals surface area contributed by atoms with Crippen LogP contribution in [0.3, 0.4) is 0 Å². The van der Waals surface area contributed by atoms with Crippen LogP contribution in [0, 0.1) is 17.8 Å². The highest BCUT2D eigenvalue weighted by Crippen LogP contribution is 2.41. The first kappa shape index (κ1) is 8.52. The number of fused-ring (bicyclic) bond motifs is 2. The van der Waals surface area contributed by atoms with Crippen molar-refractivity contribution >= 4 is 0 Å². The van der Waals surface area contributed by atoms with Crippen molar-refractivity contribution in [3.63, 3.8) is 0 Å². The first-order chi connectivity index (χ1) is 5.66. The fraction of sp³-hybridized carbons (Fsp3) is 1.00. The zero-order valence-corrected chi connectivity index (χ0v) is 7.74. The molecule has 0 heterocycles. The molecular weight excluding hydrogens is 150 g/mol. The van der Waals surface area contributed by atoms with Crippen LogP contribution in [-0.2, 0) is 0 Å². The van der Waals surface area contributed by atoms with E-state index in [1.807, 2.05) is 0 Å². The van der Waals surface area contributed by atoms with Gasteiger partial charge in [-0.15, -0.1) is 0 Å². The van der Waals surface area contributed by atoms with Crippen LogP contribution in [-0.4, -0.2) is 17.3 Å². The van der Waals surface area contributed by atoms with Crippen LogP contribution in [0.1, 0.15) is 32.6 Å². The number of rotatable bonds is 0. The number of hydrogen-bond acceptors (Lipinski definition) is 2. The Labute approximate surface area is 74.1 Å². The zero-order valence-electron chi connectivity index (χ0n) is 7.74. The Morgan fingerprint density at radius 3 is 2.67 bits per heavy atom. The molecule has 0 saturated heterocycles. The maximum atomic E-state index is 9.56. The van der Waals surface area contributed by atoms with E-state index in [1.54, 1.807) is 0 Å². The second-order valence-electron chi connectivity index (χ2n) is 4.78. The van der Waals surface area contributed by atoms with Crippen LogP contribution in [0.25, 0.3) is 0 Å². The van der Waals surface area contributed by atoms with Crippen molar-refractivity contribution in [2.75, 3.05) is 0 Å². The monoisotopic (exact) mass is 169 g/mol. The standard InChI is InChI=1S/C10H19NO/c1-6-2-7-3-8(10(6)11)5-9(12)4-7/h6-10,12H,2-5,11H2,1H3/t6?,7?,8?,9-,10-/m1/s1. The van der Waals surface area contributed by atoms with Crippen LogP contribution >= 0.6 is 0 Å². The summed E-state index contributed by atoms with van der Waals surface area (Å²) in [6.45, 7) is 2.25. The molecule has 0 aromatic carbocycles. The van der Waals surface area contributed by atoms with Crippen LogP contribution < -0.4 is 5.73 Å². The third-order valence-corrected chi connectivity index (χ3v) is 3.72. The van der Waals surface area contributed by atoms with Crippen LogP contribution in [0.2, 0.25) is 0 Å². The molecule has 2 saturated carbocycles.